The molecule has 0 unspecified atom stereocenters. The van der Waals surface area contributed by atoms with Gasteiger partial charge in [0.15, 0.2) is 0 Å². The molecular weight excluding hydrogens is 326 g/mol. The SMILES string of the molecule is CCc1cc(C(=O)N(C)Cc2cc(Br)cs2)n(C)n1. The molecule has 2 aromatic rings. The number of carbonyl (C=O) groups is 1. The minimum atomic E-state index is -0.000720. The van der Waals surface area contributed by atoms with Crippen molar-refractivity contribution in [2.24, 2.45) is 7.05 Å². The van der Waals surface area contributed by atoms with Crippen molar-refractivity contribution in [2.45, 2.75) is 19.9 Å². The first-order valence-electron chi connectivity index (χ1n) is 6.02. The number of halogens is 1. The van der Waals surface area contributed by atoms with Crippen LogP contribution in [0.4, 0.5) is 0 Å². The van der Waals surface area contributed by atoms with Crippen molar-refractivity contribution in [1.82, 2.24) is 14.7 Å². The summed E-state index contributed by atoms with van der Waals surface area (Å²) in [7, 11) is 3.62. The summed E-state index contributed by atoms with van der Waals surface area (Å²) in [5.41, 5.74) is 1.58. The number of carbonyl (C=O) groups excluding carboxylic acids is 1. The van der Waals surface area contributed by atoms with Crippen molar-refractivity contribution >= 4 is 33.2 Å². The number of aromatic nitrogens is 2. The van der Waals surface area contributed by atoms with Gasteiger partial charge < -0.3 is 4.90 Å². The zero-order chi connectivity index (χ0) is 14.0. The van der Waals surface area contributed by atoms with E-state index in [1.165, 1.54) is 0 Å². The van der Waals surface area contributed by atoms with Gasteiger partial charge in [0.25, 0.3) is 5.91 Å². The topological polar surface area (TPSA) is 38.1 Å². The molecule has 0 aromatic carbocycles. The number of amides is 1. The molecule has 6 heteroatoms. The van der Waals surface area contributed by atoms with E-state index in [0.717, 1.165) is 21.5 Å². The summed E-state index contributed by atoms with van der Waals surface area (Å²) in [6, 6.07) is 3.90. The van der Waals surface area contributed by atoms with Gasteiger partial charge in [-0.3, -0.25) is 9.48 Å². The molecule has 4 nitrogen and oxygen atoms in total. The molecule has 2 rings (SSSR count). The number of hydrogen-bond acceptors (Lipinski definition) is 3. The molecule has 2 aromatic heterocycles. The first-order chi connectivity index (χ1) is 9.01. The third-order valence-corrected chi connectivity index (χ3v) is 4.56. The highest BCUT2D eigenvalue weighted by molar-refractivity contribution is 9.10. The largest absolute Gasteiger partial charge is 0.335 e. The first kappa shape index (κ1) is 14.3. The van der Waals surface area contributed by atoms with Gasteiger partial charge in [-0.2, -0.15) is 5.10 Å². The Balaban J connectivity index is 2.12. The van der Waals surface area contributed by atoms with Gasteiger partial charge in [-0.15, -0.1) is 11.3 Å². The highest BCUT2D eigenvalue weighted by Crippen LogP contribution is 2.21. The second-order valence-corrected chi connectivity index (χ2v) is 6.30. The number of nitrogens with zero attached hydrogens (tertiary/aromatic N) is 3. The van der Waals surface area contributed by atoms with Crippen LogP contribution in [0.25, 0.3) is 0 Å². The minimum Gasteiger partial charge on any atom is -0.335 e. The molecule has 0 radical (unpaired) electrons. The van der Waals surface area contributed by atoms with Gasteiger partial charge >= 0.3 is 0 Å². The van der Waals surface area contributed by atoms with E-state index >= 15 is 0 Å². The van der Waals surface area contributed by atoms with Crippen molar-refractivity contribution in [2.75, 3.05) is 7.05 Å². The van der Waals surface area contributed by atoms with E-state index in [4.69, 9.17) is 0 Å². The van der Waals surface area contributed by atoms with E-state index < -0.39 is 0 Å². The summed E-state index contributed by atoms with van der Waals surface area (Å²) < 4.78 is 2.71. The standard InChI is InChI=1S/C13H16BrN3OS/c1-4-10-6-12(17(3)15-10)13(18)16(2)7-11-5-9(14)8-19-11/h5-6,8H,4,7H2,1-3H3. The molecule has 0 atom stereocenters. The molecule has 2 heterocycles. The van der Waals surface area contributed by atoms with Gasteiger partial charge in [-0.1, -0.05) is 6.92 Å². The van der Waals surface area contributed by atoms with E-state index in [0.29, 0.717) is 12.2 Å². The highest BCUT2D eigenvalue weighted by Gasteiger charge is 2.17. The first-order valence-corrected chi connectivity index (χ1v) is 7.69. The van der Waals surface area contributed by atoms with Gasteiger partial charge in [0, 0.05) is 28.8 Å². The molecular formula is C13H16BrN3OS. The molecule has 0 spiro atoms. The molecule has 0 aliphatic carbocycles. The monoisotopic (exact) mass is 341 g/mol. The fourth-order valence-electron chi connectivity index (χ4n) is 1.84. The predicted octanol–water partition coefficient (Wildman–Crippen LogP) is 3.08. The van der Waals surface area contributed by atoms with Crippen LogP contribution in [0, 0.1) is 0 Å². The number of hydrogen-bond donors (Lipinski definition) is 0. The van der Waals surface area contributed by atoms with E-state index in [1.54, 1.807) is 20.9 Å². The van der Waals surface area contributed by atoms with Gasteiger partial charge in [0.1, 0.15) is 5.69 Å². The lowest BCUT2D eigenvalue weighted by atomic mass is 10.3. The van der Waals surface area contributed by atoms with Gasteiger partial charge in [-0.05, 0) is 34.5 Å². The Morgan fingerprint density at radius 3 is 2.79 bits per heavy atom. The van der Waals surface area contributed by atoms with Crippen LogP contribution < -0.4 is 0 Å². The minimum absolute atomic E-state index is 0.000720. The van der Waals surface area contributed by atoms with E-state index in [2.05, 4.69) is 21.0 Å². The summed E-state index contributed by atoms with van der Waals surface area (Å²) >= 11 is 5.06. The zero-order valence-corrected chi connectivity index (χ0v) is 13.6. The van der Waals surface area contributed by atoms with Crippen LogP contribution in [0.5, 0.6) is 0 Å². The third-order valence-electron chi connectivity index (χ3n) is 2.87. The third kappa shape index (κ3) is 3.25. The zero-order valence-electron chi connectivity index (χ0n) is 11.2. The van der Waals surface area contributed by atoms with Crippen molar-refractivity contribution in [3.8, 4) is 0 Å². The summed E-state index contributed by atoms with van der Waals surface area (Å²) in [5, 5.41) is 6.33. The number of rotatable bonds is 4. The maximum absolute atomic E-state index is 12.4. The van der Waals surface area contributed by atoms with Crippen LogP contribution in [0.1, 0.15) is 28.0 Å². The average Bonchev–Trinajstić information content (AvgIpc) is 2.94. The molecule has 0 N–H and O–H groups in total. The fraction of sp³-hybridized carbons (Fsp3) is 0.385. The molecule has 102 valence electrons. The Morgan fingerprint density at radius 1 is 1.53 bits per heavy atom. The van der Waals surface area contributed by atoms with Crippen LogP contribution in [0.2, 0.25) is 0 Å². The number of aryl methyl sites for hydroxylation is 2. The van der Waals surface area contributed by atoms with Crippen LogP contribution in [0.3, 0.4) is 0 Å². The van der Waals surface area contributed by atoms with E-state index in [1.807, 2.05) is 38.5 Å². The summed E-state index contributed by atoms with van der Waals surface area (Å²) in [5.74, 6) is -0.000720. The summed E-state index contributed by atoms with van der Waals surface area (Å²) in [6.07, 6.45) is 0.836. The Kier molecular flexibility index (Phi) is 4.42. The van der Waals surface area contributed by atoms with Crippen LogP contribution in [-0.2, 0) is 20.0 Å². The predicted molar refractivity (Wildman–Crippen MR) is 80.4 cm³/mol. The lowest BCUT2D eigenvalue weighted by molar-refractivity contribution is 0.0775. The van der Waals surface area contributed by atoms with Crippen molar-refractivity contribution in [3.05, 3.63) is 38.3 Å². The molecule has 19 heavy (non-hydrogen) atoms. The molecule has 0 saturated carbocycles. The van der Waals surface area contributed by atoms with Crippen molar-refractivity contribution < 1.29 is 4.79 Å². The maximum atomic E-state index is 12.4. The Hall–Kier alpha value is -1.14. The molecule has 0 saturated heterocycles. The normalized spacial score (nSPS) is 10.7. The Bertz CT molecular complexity index is 590. The van der Waals surface area contributed by atoms with Crippen molar-refractivity contribution in [3.63, 3.8) is 0 Å². The molecule has 0 aliphatic heterocycles. The highest BCUT2D eigenvalue weighted by atomic mass is 79.9. The van der Waals surface area contributed by atoms with Crippen molar-refractivity contribution in [1.29, 1.82) is 0 Å². The molecule has 0 bridgehead atoms. The van der Waals surface area contributed by atoms with Gasteiger partial charge in [0.05, 0.1) is 12.2 Å². The average molecular weight is 342 g/mol. The van der Waals surface area contributed by atoms with E-state index in [-0.39, 0.29) is 5.91 Å². The van der Waals surface area contributed by atoms with E-state index in [9.17, 15) is 4.79 Å². The summed E-state index contributed by atoms with van der Waals surface area (Å²) in [4.78, 5) is 15.2. The Labute approximate surface area is 125 Å². The second kappa shape index (κ2) is 5.88. The molecule has 1 amide bonds. The van der Waals surface area contributed by atoms with Gasteiger partial charge in [0.2, 0.25) is 0 Å². The number of thiophene rings is 1. The van der Waals surface area contributed by atoms with Crippen LogP contribution in [-0.4, -0.2) is 27.6 Å². The fourth-order valence-corrected chi connectivity index (χ4v) is 3.34. The van der Waals surface area contributed by atoms with Crippen LogP contribution in [0.15, 0.2) is 22.0 Å². The molecule has 0 fully saturated rings. The molecule has 0 aliphatic rings. The second-order valence-electron chi connectivity index (χ2n) is 4.39. The quantitative estimate of drug-likeness (QED) is 0.856. The van der Waals surface area contributed by atoms with Crippen LogP contribution >= 0.6 is 27.3 Å². The Morgan fingerprint density at radius 2 is 2.26 bits per heavy atom. The lowest BCUT2D eigenvalue weighted by Gasteiger charge is -2.15. The smallest absolute Gasteiger partial charge is 0.272 e. The lowest BCUT2D eigenvalue weighted by Crippen LogP contribution is -2.27. The summed E-state index contributed by atoms with van der Waals surface area (Å²) in [6.45, 7) is 2.64. The van der Waals surface area contributed by atoms with Gasteiger partial charge in [-0.25, -0.2) is 0 Å². The maximum Gasteiger partial charge on any atom is 0.272 e.